The third kappa shape index (κ3) is 2.96. The van der Waals surface area contributed by atoms with Crippen LogP contribution in [0.3, 0.4) is 0 Å². The number of amides is 1. The first kappa shape index (κ1) is 14.6. The molecule has 116 valence electrons. The Morgan fingerprint density at radius 3 is 2.95 bits per heavy atom. The molecule has 1 aliphatic carbocycles. The van der Waals surface area contributed by atoms with E-state index in [2.05, 4.69) is 15.5 Å². The number of hydrogen-bond donors (Lipinski definition) is 3. The number of nitrogens with one attached hydrogen (secondary N) is 2. The van der Waals surface area contributed by atoms with E-state index < -0.39 is 0 Å². The van der Waals surface area contributed by atoms with Crippen LogP contribution in [0.1, 0.15) is 29.8 Å². The van der Waals surface area contributed by atoms with Gasteiger partial charge >= 0.3 is 0 Å². The molecule has 1 aromatic heterocycles. The maximum atomic E-state index is 12.3. The highest BCUT2D eigenvalue weighted by Gasteiger charge is 2.24. The number of ether oxygens (including phenoxy) is 1. The van der Waals surface area contributed by atoms with Crippen LogP contribution >= 0.6 is 0 Å². The topological polar surface area (TPSA) is 93.0 Å². The second kappa shape index (κ2) is 6.19. The third-order valence-electron chi connectivity index (χ3n) is 4.01. The van der Waals surface area contributed by atoms with Crippen molar-refractivity contribution in [3.05, 3.63) is 36.0 Å². The number of rotatable bonds is 4. The van der Waals surface area contributed by atoms with Crippen LogP contribution in [0.25, 0.3) is 11.3 Å². The molecule has 0 unspecified atom stereocenters. The summed E-state index contributed by atoms with van der Waals surface area (Å²) in [7, 11) is 1.61. The van der Waals surface area contributed by atoms with Crippen molar-refractivity contribution >= 4 is 5.91 Å². The van der Waals surface area contributed by atoms with Gasteiger partial charge in [0.15, 0.2) is 0 Å². The second-order valence-electron chi connectivity index (χ2n) is 5.61. The van der Waals surface area contributed by atoms with Gasteiger partial charge in [-0.05, 0) is 37.5 Å². The molecule has 0 spiro atoms. The molecule has 4 N–H and O–H groups in total. The smallest absolute Gasteiger partial charge is 0.269 e. The minimum Gasteiger partial charge on any atom is -0.496 e. The molecule has 2 atom stereocenters. The van der Waals surface area contributed by atoms with E-state index in [4.69, 9.17) is 10.5 Å². The minimum absolute atomic E-state index is 0.146. The Balaban J connectivity index is 1.74. The Morgan fingerprint density at radius 1 is 1.41 bits per heavy atom. The number of benzene rings is 1. The first-order valence-corrected chi connectivity index (χ1v) is 7.42. The molecular weight excluding hydrogens is 280 g/mol. The highest BCUT2D eigenvalue weighted by molar-refractivity contribution is 5.93. The molecule has 1 fully saturated rings. The van der Waals surface area contributed by atoms with E-state index in [1.807, 2.05) is 24.3 Å². The molecule has 1 saturated carbocycles. The zero-order valence-corrected chi connectivity index (χ0v) is 12.5. The first-order valence-electron chi connectivity index (χ1n) is 7.42. The Kier molecular flexibility index (Phi) is 4.11. The van der Waals surface area contributed by atoms with E-state index in [0.29, 0.717) is 11.4 Å². The molecule has 6 nitrogen and oxygen atoms in total. The maximum absolute atomic E-state index is 12.3. The van der Waals surface area contributed by atoms with E-state index in [9.17, 15) is 4.79 Å². The van der Waals surface area contributed by atoms with Crippen LogP contribution in [0.4, 0.5) is 0 Å². The van der Waals surface area contributed by atoms with E-state index in [1.165, 1.54) is 0 Å². The molecule has 0 radical (unpaired) electrons. The number of hydrogen-bond acceptors (Lipinski definition) is 4. The van der Waals surface area contributed by atoms with Gasteiger partial charge in [0.05, 0.1) is 12.8 Å². The Hall–Kier alpha value is -2.34. The lowest BCUT2D eigenvalue weighted by Crippen LogP contribution is -2.34. The molecule has 0 aliphatic heterocycles. The van der Waals surface area contributed by atoms with Crippen molar-refractivity contribution in [2.75, 3.05) is 7.11 Å². The molecule has 3 rings (SSSR count). The third-order valence-corrected chi connectivity index (χ3v) is 4.01. The fraction of sp³-hybridized carbons (Fsp3) is 0.375. The van der Waals surface area contributed by atoms with Crippen molar-refractivity contribution < 1.29 is 9.53 Å². The summed E-state index contributed by atoms with van der Waals surface area (Å²) in [6, 6.07) is 9.66. The fourth-order valence-electron chi connectivity index (χ4n) is 2.84. The fourth-order valence-corrected chi connectivity index (χ4v) is 2.84. The van der Waals surface area contributed by atoms with Crippen molar-refractivity contribution in [2.24, 2.45) is 5.73 Å². The minimum atomic E-state index is -0.146. The van der Waals surface area contributed by atoms with Gasteiger partial charge < -0.3 is 15.8 Å². The average Bonchev–Trinajstić information content (AvgIpc) is 3.16. The van der Waals surface area contributed by atoms with E-state index in [1.54, 1.807) is 13.2 Å². The Bertz CT molecular complexity index is 668. The van der Waals surface area contributed by atoms with Crippen LogP contribution in [-0.2, 0) is 0 Å². The van der Waals surface area contributed by atoms with Crippen LogP contribution in [-0.4, -0.2) is 35.3 Å². The summed E-state index contributed by atoms with van der Waals surface area (Å²) >= 11 is 0. The van der Waals surface area contributed by atoms with Crippen molar-refractivity contribution in [3.63, 3.8) is 0 Å². The number of H-pyrrole nitrogens is 1. The largest absolute Gasteiger partial charge is 0.496 e. The molecule has 1 aromatic carbocycles. The van der Waals surface area contributed by atoms with Gasteiger partial charge in [0.25, 0.3) is 5.91 Å². The van der Waals surface area contributed by atoms with Crippen molar-refractivity contribution in [1.29, 1.82) is 0 Å². The summed E-state index contributed by atoms with van der Waals surface area (Å²) < 4.78 is 5.32. The van der Waals surface area contributed by atoms with Crippen molar-refractivity contribution in [3.8, 4) is 17.0 Å². The van der Waals surface area contributed by atoms with Crippen molar-refractivity contribution in [2.45, 2.75) is 31.3 Å². The quantitative estimate of drug-likeness (QED) is 0.801. The molecule has 2 aromatic rings. The molecule has 6 heteroatoms. The normalized spacial score (nSPS) is 20.8. The number of nitrogens with zero attached hydrogens (tertiary/aromatic N) is 1. The molecule has 0 saturated heterocycles. The first-order chi connectivity index (χ1) is 10.7. The SMILES string of the molecule is COc1ccccc1-c1cc(C(=O)N[C@@H]2CC[C@@H](N)C2)[nH]n1. The summed E-state index contributed by atoms with van der Waals surface area (Å²) in [5, 5.41) is 10.0. The van der Waals surface area contributed by atoms with Gasteiger partial charge in [0, 0.05) is 17.6 Å². The lowest BCUT2D eigenvalue weighted by Gasteiger charge is -2.10. The van der Waals surface area contributed by atoms with E-state index >= 15 is 0 Å². The number of carbonyl (C=O) groups excluding carboxylic acids is 1. The Labute approximate surface area is 129 Å². The monoisotopic (exact) mass is 300 g/mol. The van der Waals surface area contributed by atoms with Crippen LogP contribution in [0, 0.1) is 0 Å². The predicted octanol–water partition coefficient (Wildman–Crippen LogP) is 1.69. The molecule has 1 aliphatic rings. The molecule has 1 amide bonds. The molecular formula is C16H20N4O2. The van der Waals surface area contributed by atoms with Gasteiger partial charge in [-0.25, -0.2) is 0 Å². The number of aromatic nitrogens is 2. The van der Waals surface area contributed by atoms with Crippen LogP contribution in [0.5, 0.6) is 5.75 Å². The summed E-state index contributed by atoms with van der Waals surface area (Å²) in [5.74, 6) is 0.579. The van der Waals surface area contributed by atoms with E-state index in [0.717, 1.165) is 30.6 Å². The van der Waals surface area contributed by atoms with Gasteiger partial charge in [-0.1, -0.05) is 12.1 Å². The number of para-hydroxylation sites is 1. The number of nitrogens with two attached hydrogens (primary N) is 1. The van der Waals surface area contributed by atoms with Crippen LogP contribution in [0.15, 0.2) is 30.3 Å². The summed E-state index contributed by atoms with van der Waals surface area (Å²) in [5.41, 5.74) is 7.85. The number of methoxy groups -OCH3 is 1. The zero-order chi connectivity index (χ0) is 15.5. The lowest BCUT2D eigenvalue weighted by molar-refractivity contribution is 0.0932. The Morgan fingerprint density at radius 2 is 2.23 bits per heavy atom. The number of aromatic amines is 1. The number of carbonyl (C=O) groups is 1. The van der Waals surface area contributed by atoms with Crippen LogP contribution < -0.4 is 15.8 Å². The van der Waals surface area contributed by atoms with Gasteiger partial charge in [0.2, 0.25) is 0 Å². The highest BCUT2D eigenvalue weighted by atomic mass is 16.5. The summed E-state index contributed by atoms with van der Waals surface area (Å²) in [4.78, 5) is 12.3. The summed E-state index contributed by atoms with van der Waals surface area (Å²) in [6.07, 6.45) is 2.72. The highest BCUT2D eigenvalue weighted by Crippen LogP contribution is 2.28. The van der Waals surface area contributed by atoms with Gasteiger partial charge in [-0.2, -0.15) is 5.10 Å². The maximum Gasteiger partial charge on any atom is 0.269 e. The van der Waals surface area contributed by atoms with Gasteiger partial charge in [-0.3, -0.25) is 9.89 Å². The molecule has 0 bridgehead atoms. The second-order valence-corrected chi connectivity index (χ2v) is 5.61. The standard InChI is InChI=1S/C16H20N4O2/c1-22-15-5-3-2-4-12(15)13-9-14(20-19-13)16(21)18-11-7-6-10(17)8-11/h2-5,9-11H,6-8,17H2,1H3,(H,18,21)(H,19,20)/t10-,11-/m1/s1. The predicted molar refractivity (Wildman–Crippen MR) is 83.7 cm³/mol. The van der Waals surface area contributed by atoms with Crippen LogP contribution in [0.2, 0.25) is 0 Å². The lowest BCUT2D eigenvalue weighted by atomic mass is 10.1. The zero-order valence-electron chi connectivity index (χ0n) is 12.5. The van der Waals surface area contributed by atoms with E-state index in [-0.39, 0.29) is 18.0 Å². The van der Waals surface area contributed by atoms with Crippen molar-refractivity contribution in [1.82, 2.24) is 15.5 Å². The summed E-state index contributed by atoms with van der Waals surface area (Å²) in [6.45, 7) is 0. The average molecular weight is 300 g/mol. The van der Waals surface area contributed by atoms with Gasteiger partial charge in [-0.15, -0.1) is 0 Å². The molecule has 22 heavy (non-hydrogen) atoms. The molecule has 1 heterocycles. The van der Waals surface area contributed by atoms with Gasteiger partial charge in [0.1, 0.15) is 11.4 Å².